The summed E-state index contributed by atoms with van der Waals surface area (Å²) in [4.78, 5) is 0. The molecule has 0 heterocycles. The van der Waals surface area contributed by atoms with Gasteiger partial charge in [0.05, 0.1) is 0 Å². The Morgan fingerprint density at radius 1 is 0.769 bits per heavy atom. The number of rotatable bonds is 11. The van der Waals surface area contributed by atoms with E-state index in [0.29, 0.717) is 12.8 Å². The predicted octanol–water partition coefficient (Wildman–Crippen LogP) is 8.11. The fourth-order valence-electron chi connectivity index (χ4n) is 3.59. The number of hydrogen-bond acceptors (Lipinski definition) is 0. The van der Waals surface area contributed by atoms with Gasteiger partial charge in [0, 0.05) is 0 Å². The van der Waals surface area contributed by atoms with Crippen LogP contribution in [0.15, 0.2) is 48.5 Å². The molecule has 0 saturated heterocycles. The maximum absolute atomic E-state index is 14.2. The second-order valence-electron chi connectivity index (χ2n) is 7.65. The van der Waals surface area contributed by atoms with Crippen LogP contribution in [0.5, 0.6) is 0 Å². The minimum absolute atomic E-state index is 0.275. The van der Waals surface area contributed by atoms with Crippen molar-refractivity contribution in [3.63, 3.8) is 0 Å². The van der Waals surface area contributed by atoms with Crippen molar-refractivity contribution in [3.05, 3.63) is 59.7 Å². The third-order valence-corrected chi connectivity index (χ3v) is 5.29. The molecule has 0 aromatic heterocycles. The molecule has 0 aliphatic heterocycles. The maximum Gasteiger partial charge on any atom is 0.101 e. The summed E-state index contributed by atoms with van der Waals surface area (Å²) in [6.45, 7) is 6.55. The van der Waals surface area contributed by atoms with Crippen LogP contribution in [0.1, 0.15) is 82.8 Å². The van der Waals surface area contributed by atoms with Crippen LogP contribution in [-0.4, -0.2) is 6.17 Å². The van der Waals surface area contributed by atoms with Gasteiger partial charge in [-0.2, -0.15) is 0 Å². The summed E-state index contributed by atoms with van der Waals surface area (Å²) in [5.74, 6) is 0.275. The quantitative estimate of drug-likeness (QED) is 0.357. The monoisotopic (exact) mass is 354 g/mol. The summed E-state index contributed by atoms with van der Waals surface area (Å²) in [5.41, 5.74) is 5.13. The van der Waals surface area contributed by atoms with Crippen molar-refractivity contribution in [2.45, 2.75) is 84.2 Å². The molecule has 2 rings (SSSR count). The van der Waals surface area contributed by atoms with E-state index in [9.17, 15) is 4.39 Å². The largest absolute Gasteiger partial charge is 0.247 e. The third kappa shape index (κ3) is 6.59. The Bertz CT molecular complexity index is 612. The van der Waals surface area contributed by atoms with E-state index in [-0.39, 0.29) is 5.92 Å². The van der Waals surface area contributed by atoms with Crippen molar-refractivity contribution in [1.82, 2.24) is 0 Å². The molecule has 2 aromatic rings. The minimum atomic E-state index is -0.673. The first kappa shape index (κ1) is 20.7. The summed E-state index contributed by atoms with van der Waals surface area (Å²) < 4.78 is 14.2. The maximum atomic E-state index is 14.2. The Hall–Kier alpha value is -1.63. The van der Waals surface area contributed by atoms with Gasteiger partial charge in [-0.3, -0.25) is 0 Å². The Balaban J connectivity index is 1.89. The molecule has 2 unspecified atom stereocenters. The molecule has 0 aliphatic carbocycles. The SMILES string of the molecule is CCCCCCC(F)CC(C)c1ccc(-c2ccc(CCC)cc2)cc1. The highest BCUT2D eigenvalue weighted by Gasteiger charge is 2.13. The summed E-state index contributed by atoms with van der Waals surface area (Å²) >= 11 is 0. The van der Waals surface area contributed by atoms with E-state index in [0.717, 1.165) is 19.3 Å². The molecule has 0 spiro atoms. The summed E-state index contributed by atoms with van der Waals surface area (Å²) in [6, 6.07) is 17.6. The van der Waals surface area contributed by atoms with E-state index in [4.69, 9.17) is 0 Å². The van der Waals surface area contributed by atoms with Crippen molar-refractivity contribution in [3.8, 4) is 11.1 Å². The second-order valence-corrected chi connectivity index (χ2v) is 7.65. The van der Waals surface area contributed by atoms with Crippen molar-refractivity contribution in [2.24, 2.45) is 0 Å². The van der Waals surface area contributed by atoms with Crippen LogP contribution in [0, 0.1) is 0 Å². The molecular formula is C25H35F. The van der Waals surface area contributed by atoms with Gasteiger partial charge >= 0.3 is 0 Å². The number of hydrogen-bond donors (Lipinski definition) is 0. The Kier molecular flexibility index (Phi) is 8.88. The molecule has 0 fully saturated rings. The van der Waals surface area contributed by atoms with E-state index >= 15 is 0 Å². The smallest absolute Gasteiger partial charge is 0.101 e. The number of halogens is 1. The lowest BCUT2D eigenvalue weighted by atomic mass is 9.92. The van der Waals surface area contributed by atoms with Gasteiger partial charge in [0.2, 0.25) is 0 Å². The molecule has 0 aliphatic rings. The van der Waals surface area contributed by atoms with Gasteiger partial charge in [0.1, 0.15) is 6.17 Å². The van der Waals surface area contributed by atoms with Crippen molar-refractivity contribution < 1.29 is 4.39 Å². The molecule has 0 radical (unpaired) electrons. The average Bonchev–Trinajstić information content (AvgIpc) is 2.66. The van der Waals surface area contributed by atoms with Crippen molar-refractivity contribution >= 4 is 0 Å². The fourth-order valence-corrected chi connectivity index (χ4v) is 3.59. The van der Waals surface area contributed by atoms with Crippen LogP contribution in [0.3, 0.4) is 0 Å². The van der Waals surface area contributed by atoms with E-state index < -0.39 is 6.17 Å². The third-order valence-electron chi connectivity index (χ3n) is 5.29. The fraction of sp³-hybridized carbons (Fsp3) is 0.520. The van der Waals surface area contributed by atoms with Crippen LogP contribution in [0.25, 0.3) is 11.1 Å². The molecular weight excluding hydrogens is 319 g/mol. The first-order chi connectivity index (χ1) is 12.6. The highest BCUT2D eigenvalue weighted by atomic mass is 19.1. The summed E-state index contributed by atoms with van der Waals surface area (Å²) in [5, 5.41) is 0. The highest BCUT2D eigenvalue weighted by Crippen LogP contribution is 2.27. The van der Waals surface area contributed by atoms with Gasteiger partial charge < -0.3 is 0 Å². The van der Waals surface area contributed by atoms with Gasteiger partial charge in [-0.05, 0) is 47.4 Å². The van der Waals surface area contributed by atoms with E-state index in [1.807, 2.05) is 0 Å². The Morgan fingerprint density at radius 3 is 1.96 bits per heavy atom. The first-order valence-corrected chi connectivity index (χ1v) is 10.5. The number of aryl methyl sites for hydroxylation is 1. The number of benzene rings is 2. The van der Waals surface area contributed by atoms with Gasteiger partial charge in [-0.25, -0.2) is 4.39 Å². The lowest BCUT2D eigenvalue weighted by molar-refractivity contribution is 0.274. The number of alkyl halides is 1. The van der Waals surface area contributed by atoms with Crippen molar-refractivity contribution in [1.29, 1.82) is 0 Å². The predicted molar refractivity (Wildman–Crippen MR) is 113 cm³/mol. The van der Waals surface area contributed by atoms with E-state index in [2.05, 4.69) is 69.3 Å². The normalized spacial score (nSPS) is 13.5. The first-order valence-electron chi connectivity index (χ1n) is 10.5. The van der Waals surface area contributed by atoms with Gasteiger partial charge in [0.15, 0.2) is 0 Å². The molecule has 26 heavy (non-hydrogen) atoms. The molecule has 0 nitrogen and oxygen atoms in total. The van der Waals surface area contributed by atoms with Gasteiger partial charge in [0.25, 0.3) is 0 Å². The molecule has 2 atom stereocenters. The molecule has 0 amide bonds. The molecule has 0 bridgehead atoms. The average molecular weight is 355 g/mol. The molecule has 2 aromatic carbocycles. The van der Waals surface area contributed by atoms with E-state index in [1.54, 1.807) is 0 Å². The van der Waals surface area contributed by atoms with Gasteiger partial charge in [-0.15, -0.1) is 0 Å². The van der Waals surface area contributed by atoms with Crippen LogP contribution in [-0.2, 0) is 6.42 Å². The van der Waals surface area contributed by atoms with Crippen LogP contribution in [0.4, 0.5) is 4.39 Å². The lowest BCUT2D eigenvalue weighted by Crippen LogP contribution is -2.06. The second kappa shape index (κ2) is 11.2. The van der Waals surface area contributed by atoms with E-state index in [1.165, 1.54) is 41.5 Å². The number of unbranched alkanes of at least 4 members (excludes halogenated alkanes) is 3. The zero-order valence-corrected chi connectivity index (χ0v) is 16.8. The molecule has 142 valence electrons. The zero-order chi connectivity index (χ0) is 18.8. The lowest BCUT2D eigenvalue weighted by Gasteiger charge is -2.16. The molecule has 0 saturated carbocycles. The van der Waals surface area contributed by atoms with Crippen LogP contribution >= 0.6 is 0 Å². The topological polar surface area (TPSA) is 0 Å². The summed E-state index contributed by atoms with van der Waals surface area (Å²) in [7, 11) is 0. The van der Waals surface area contributed by atoms with Crippen LogP contribution in [0.2, 0.25) is 0 Å². The molecule has 1 heteroatoms. The standard InChI is InChI=1S/C25H35F/c1-4-6-7-8-10-25(26)19-20(3)22-15-17-24(18-16-22)23-13-11-21(9-5-2)12-14-23/h11-18,20,25H,4-10,19H2,1-3H3. The molecule has 0 N–H and O–H groups in total. The summed E-state index contributed by atoms with van der Waals surface area (Å²) in [6.07, 6.45) is 7.62. The highest BCUT2D eigenvalue weighted by molar-refractivity contribution is 5.64. The van der Waals surface area contributed by atoms with Crippen LogP contribution < -0.4 is 0 Å². The zero-order valence-electron chi connectivity index (χ0n) is 16.8. The van der Waals surface area contributed by atoms with Gasteiger partial charge in [-0.1, -0.05) is 101 Å². The van der Waals surface area contributed by atoms with Crippen molar-refractivity contribution in [2.75, 3.05) is 0 Å². The Morgan fingerprint density at radius 2 is 1.38 bits per heavy atom. The Labute approximate surface area is 159 Å². The minimum Gasteiger partial charge on any atom is -0.247 e.